The standard InChI is InChI=1S/C11H24.C10H20O2/c1-8(2)10(5)11(6,7)9(3)4;1-7(2)5-10(12)8(3)6-9(4)11/h8-10H,1-7H3;7-8,10,12H,5-6H2,1-4H3. The minimum absolute atomic E-state index is 0.102. The zero-order valence-corrected chi connectivity index (χ0v) is 17.7. The molecule has 0 saturated carbocycles. The van der Waals surface area contributed by atoms with E-state index in [1.165, 1.54) is 0 Å². The van der Waals surface area contributed by atoms with Crippen molar-refractivity contribution in [2.75, 3.05) is 0 Å². The fourth-order valence-corrected chi connectivity index (χ4v) is 2.69. The molecule has 0 aliphatic rings. The largest absolute Gasteiger partial charge is 0.393 e. The van der Waals surface area contributed by atoms with E-state index in [9.17, 15) is 9.90 Å². The molecule has 3 unspecified atom stereocenters. The average molecular weight is 329 g/mol. The predicted molar refractivity (Wildman–Crippen MR) is 103 cm³/mol. The van der Waals surface area contributed by atoms with Gasteiger partial charge in [0.25, 0.3) is 0 Å². The van der Waals surface area contributed by atoms with Gasteiger partial charge in [-0.25, -0.2) is 0 Å². The second kappa shape index (κ2) is 11.2. The van der Waals surface area contributed by atoms with Gasteiger partial charge in [0.05, 0.1) is 6.10 Å². The first-order valence-electron chi connectivity index (χ1n) is 9.40. The molecule has 0 rings (SSSR count). The van der Waals surface area contributed by atoms with Crippen LogP contribution < -0.4 is 0 Å². The molecular weight excluding hydrogens is 284 g/mol. The van der Waals surface area contributed by atoms with Crippen LogP contribution in [0.25, 0.3) is 0 Å². The molecule has 23 heavy (non-hydrogen) atoms. The van der Waals surface area contributed by atoms with Crippen LogP contribution in [-0.2, 0) is 4.79 Å². The summed E-state index contributed by atoms with van der Waals surface area (Å²) in [5.74, 6) is 3.14. The van der Waals surface area contributed by atoms with Crippen molar-refractivity contribution in [1.82, 2.24) is 0 Å². The zero-order chi connectivity index (χ0) is 19.0. The van der Waals surface area contributed by atoms with Crippen molar-refractivity contribution in [2.24, 2.45) is 35.0 Å². The fraction of sp³-hybridized carbons (Fsp3) is 0.952. The van der Waals surface area contributed by atoms with Crippen LogP contribution >= 0.6 is 0 Å². The van der Waals surface area contributed by atoms with Gasteiger partial charge >= 0.3 is 0 Å². The normalized spacial score (nSPS) is 16.1. The van der Waals surface area contributed by atoms with Gasteiger partial charge in [0, 0.05) is 6.42 Å². The molecule has 3 atom stereocenters. The number of rotatable bonds is 8. The highest BCUT2D eigenvalue weighted by molar-refractivity contribution is 5.75. The van der Waals surface area contributed by atoms with Crippen LogP contribution in [0.15, 0.2) is 0 Å². The number of aliphatic hydroxyl groups excluding tert-OH is 1. The number of aliphatic hydroxyl groups is 1. The average Bonchev–Trinajstić information content (AvgIpc) is 2.36. The van der Waals surface area contributed by atoms with Gasteiger partial charge in [-0.1, -0.05) is 69.2 Å². The fourth-order valence-electron chi connectivity index (χ4n) is 2.69. The molecular formula is C21H44O2. The van der Waals surface area contributed by atoms with Gasteiger partial charge in [-0.2, -0.15) is 0 Å². The molecule has 0 radical (unpaired) electrons. The Morgan fingerprint density at radius 3 is 1.61 bits per heavy atom. The van der Waals surface area contributed by atoms with Crippen LogP contribution in [-0.4, -0.2) is 17.0 Å². The lowest BCUT2D eigenvalue weighted by Gasteiger charge is -2.38. The molecule has 0 spiro atoms. The van der Waals surface area contributed by atoms with Crippen molar-refractivity contribution in [2.45, 2.75) is 95.1 Å². The first-order valence-corrected chi connectivity index (χ1v) is 9.40. The highest BCUT2D eigenvalue weighted by Crippen LogP contribution is 2.38. The van der Waals surface area contributed by atoms with E-state index >= 15 is 0 Å². The molecule has 2 heteroatoms. The monoisotopic (exact) mass is 328 g/mol. The first-order chi connectivity index (χ1) is 10.2. The van der Waals surface area contributed by atoms with Gasteiger partial charge in [-0.15, -0.1) is 0 Å². The lowest BCUT2D eigenvalue weighted by Crippen LogP contribution is -2.30. The van der Waals surface area contributed by atoms with E-state index in [1.54, 1.807) is 6.92 Å². The van der Waals surface area contributed by atoms with E-state index in [-0.39, 0.29) is 17.8 Å². The molecule has 140 valence electrons. The van der Waals surface area contributed by atoms with Gasteiger partial charge in [-0.3, -0.25) is 0 Å². The minimum Gasteiger partial charge on any atom is -0.393 e. The highest BCUT2D eigenvalue weighted by Gasteiger charge is 2.30. The summed E-state index contributed by atoms with van der Waals surface area (Å²) in [5, 5.41) is 9.58. The van der Waals surface area contributed by atoms with Gasteiger partial charge in [0.1, 0.15) is 5.78 Å². The molecule has 0 aromatic carbocycles. The number of carbonyl (C=O) groups excluding carboxylic acids is 1. The third-order valence-corrected chi connectivity index (χ3v) is 5.64. The van der Waals surface area contributed by atoms with Crippen LogP contribution in [0.5, 0.6) is 0 Å². The Morgan fingerprint density at radius 1 is 0.957 bits per heavy atom. The SMILES string of the molecule is CC(=O)CC(C)C(O)CC(C)C.CC(C)C(C)C(C)(C)C(C)C. The second-order valence-electron chi connectivity index (χ2n) is 9.09. The summed E-state index contributed by atoms with van der Waals surface area (Å²) in [6.45, 7) is 24.0. The predicted octanol–water partition coefficient (Wildman–Crippen LogP) is 5.97. The van der Waals surface area contributed by atoms with Crippen LogP contribution in [0.1, 0.15) is 89.0 Å². The maximum absolute atomic E-state index is 10.7. The summed E-state index contributed by atoms with van der Waals surface area (Å²) in [7, 11) is 0. The van der Waals surface area contributed by atoms with E-state index in [2.05, 4.69) is 62.3 Å². The maximum Gasteiger partial charge on any atom is 0.130 e. The minimum atomic E-state index is -0.325. The van der Waals surface area contributed by atoms with Crippen molar-refractivity contribution < 1.29 is 9.90 Å². The first kappa shape index (κ1) is 24.9. The van der Waals surface area contributed by atoms with Gasteiger partial charge in [0.15, 0.2) is 0 Å². The van der Waals surface area contributed by atoms with Crippen LogP contribution in [0.2, 0.25) is 0 Å². The van der Waals surface area contributed by atoms with Crippen molar-refractivity contribution in [3.63, 3.8) is 0 Å². The van der Waals surface area contributed by atoms with Crippen LogP contribution in [0, 0.1) is 35.0 Å². The summed E-state index contributed by atoms with van der Waals surface area (Å²) in [6.07, 6.45) is 0.955. The smallest absolute Gasteiger partial charge is 0.130 e. The number of Topliss-reactive ketones (excluding diaryl/α,β-unsaturated/α-hetero) is 1. The zero-order valence-electron chi connectivity index (χ0n) is 17.7. The topological polar surface area (TPSA) is 37.3 Å². The van der Waals surface area contributed by atoms with Gasteiger partial charge < -0.3 is 9.90 Å². The number of carbonyl (C=O) groups is 1. The lowest BCUT2D eigenvalue weighted by molar-refractivity contribution is -0.118. The summed E-state index contributed by atoms with van der Waals surface area (Å²) in [5.41, 5.74) is 0.480. The quantitative estimate of drug-likeness (QED) is 0.596. The molecule has 0 saturated heterocycles. The Hall–Kier alpha value is -0.370. The van der Waals surface area contributed by atoms with Crippen molar-refractivity contribution >= 4 is 5.78 Å². The number of hydrogen-bond donors (Lipinski definition) is 1. The molecule has 0 fully saturated rings. The van der Waals surface area contributed by atoms with E-state index in [4.69, 9.17) is 0 Å². The molecule has 0 aromatic rings. The Bertz CT molecular complexity index is 316. The van der Waals surface area contributed by atoms with E-state index in [0.717, 1.165) is 24.2 Å². The van der Waals surface area contributed by atoms with E-state index in [1.807, 2.05) is 6.92 Å². The van der Waals surface area contributed by atoms with Gasteiger partial charge in [-0.05, 0) is 48.3 Å². The molecule has 0 aliphatic carbocycles. The molecule has 2 nitrogen and oxygen atoms in total. The summed E-state index contributed by atoms with van der Waals surface area (Å²) in [6, 6.07) is 0. The third-order valence-electron chi connectivity index (χ3n) is 5.64. The Morgan fingerprint density at radius 2 is 1.39 bits per heavy atom. The molecule has 0 aliphatic heterocycles. The van der Waals surface area contributed by atoms with Crippen molar-refractivity contribution in [1.29, 1.82) is 0 Å². The summed E-state index contributed by atoms with van der Waals surface area (Å²) < 4.78 is 0. The van der Waals surface area contributed by atoms with E-state index in [0.29, 0.717) is 17.8 Å². The summed E-state index contributed by atoms with van der Waals surface area (Å²) >= 11 is 0. The van der Waals surface area contributed by atoms with Crippen molar-refractivity contribution in [3.05, 3.63) is 0 Å². The molecule has 0 amide bonds. The Kier molecular flexibility index (Phi) is 12.1. The Balaban J connectivity index is 0. The van der Waals surface area contributed by atoms with Crippen LogP contribution in [0.4, 0.5) is 0 Å². The van der Waals surface area contributed by atoms with Crippen molar-refractivity contribution in [3.8, 4) is 0 Å². The lowest BCUT2D eigenvalue weighted by atomic mass is 9.67. The highest BCUT2D eigenvalue weighted by atomic mass is 16.3. The Labute approximate surface area is 146 Å². The molecule has 0 heterocycles. The number of hydrogen-bond acceptors (Lipinski definition) is 2. The number of ketones is 1. The molecule has 0 bridgehead atoms. The third kappa shape index (κ3) is 10.9. The molecule has 1 N–H and O–H groups in total. The van der Waals surface area contributed by atoms with E-state index < -0.39 is 0 Å². The van der Waals surface area contributed by atoms with Crippen LogP contribution in [0.3, 0.4) is 0 Å². The molecule has 0 aromatic heterocycles. The summed E-state index contributed by atoms with van der Waals surface area (Å²) in [4.78, 5) is 10.7. The van der Waals surface area contributed by atoms with Gasteiger partial charge in [0.2, 0.25) is 0 Å². The maximum atomic E-state index is 10.7. The second-order valence-corrected chi connectivity index (χ2v) is 9.09.